The maximum Gasteiger partial charge on any atom is 0.145 e. The molecule has 0 aromatic rings. The Hall–Kier alpha value is -0.450. The zero-order chi connectivity index (χ0) is 10.1. The van der Waals surface area contributed by atoms with Crippen LogP contribution in [0.4, 0.5) is 0 Å². The number of hydrogen-bond donors (Lipinski definition) is 0. The van der Waals surface area contributed by atoms with E-state index in [2.05, 4.69) is 28.6 Å². The Bertz CT molecular complexity index is 113. The smallest absolute Gasteiger partial charge is 0.145 e. The monoisotopic (exact) mass is 188 g/mol. The molecule has 4 heteroatoms. The van der Waals surface area contributed by atoms with Crippen LogP contribution < -0.4 is 0 Å². The van der Waals surface area contributed by atoms with Crippen LogP contribution in [-0.2, 0) is 9.53 Å². The van der Waals surface area contributed by atoms with E-state index in [1.54, 1.807) is 0 Å². The highest BCUT2D eigenvalue weighted by atomic mass is 16.5. The SMILES string of the molecule is CN1CCN(C)CC1.COCC=O. The Labute approximate surface area is 80.5 Å². The van der Waals surface area contributed by atoms with Crippen LogP contribution in [0.1, 0.15) is 0 Å². The summed E-state index contributed by atoms with van der Waals surface area (Å²) >= 11 is 0. The van der Waals surface area contributed by atoms with Crippen molar-refractivity contribution in [2.24, 2.45) is 0 Å². The van der Waals surface area contributed by atoms with E-state index in [9.17, 15) is 4.79 Å². The minimum absolute atomic E-state index is 0.208. The maximum absolute atomic E-state index is 9.28. The lowest BCUT2D eigenvalue weighted by Gasteiger charge is -2.28. The van der Waals surface area contributed by atoms with E-state index in [1.807, 2.05) is 0 Å². The van der Waals surface area contributed by atoms with E-state index >= 15 is 0 Å². The number of aldehydes is 1. The Morgan fingerprint density at radius 3 is 1.69 bits per heavy atom. The van der Waals surface area contributed by atoms with Gasteiger partial charge in [-0.1, -0.05) is 0 Å². The van der Waals surface area contributed by atoms with Gasteiger partial charge in [0.05, 0.1) is 0 Å². The summed E-state index contributed by atoms with van der Waals surface area (Å²) < 4.78 is 4.32. The van der Waals surface area contributed by atoms with Gasteiger partial charge in [-0.15, -0.1) is 0 Å². The molecular formula is C9H20N2O2. The van der Waals surface area contributed by atoms with Gasteiger partial charge < -0.3 is 19.3 Å². The molecule has 1 aliphatic heterocycles. The van der Waals surface area contributed by atoms with Crippen LogP contribution in [0, 0.1) is 0 Å². The molecule has 0 amide bonds. The maximum atomic E-state index is 9.28. The summed E-state index contributed by atoms with van der Waals surface area (Å²) in [4.78, 5) is 14.0. The van der Waals surface area contributed by atoms with Crippen molar-refractivity contribution in [2.75, 3.05) is 54.0 Å². The molecule has 78 valence electrons. The average Bonchev–Trinajstić information content (AvgIpc) is 2.13. The summed E-state index contributed by atoms with van der Waals surface area (Å²) in [5.74, 6) is 0. The minimum Gasteiger partial charge on any atom is -0.377 e. The van der Waals surface area contributed by atoms with Crippen LogP contribution in [0.5, 0.6) is 0 Å². The van der Waals surface area contributed by atoms with Crippen molar-refractivity contribution < 1.29 is 9.53 Å². The Balaban J connectivity index is 0.000000252. The molecule has 0 aliphatic carbocycles. The van der Waals surface area contributed by atoms with Crippen LogP contribution in [0.15, 0.2) is 0 Å². The molecule has 4 nitrogen and oxygen atoms in total. The highest BCUT2D eigenvalue weighted by molar-refractivity contribution is 5.50. The van der Waals surface area contributed by atoms with Gasteiger partial charge in [-0.05, 0) is 14.1 Å². The second-order valence-electron chi connectivity index (χ2n) is 3.23. The lowest BCUT2D eigenvalue weighted by atomic mass is 10.4. The Morgan fingerprint density at radius 1 is 1.15 bits per heavy atom. The van der Waals surface area contributed by atoms with Gasteiger partial charge in [0.2, 0.25) is 0 Å². The first-order chi connectivity index (χ1) is 6.20. The first-order valence-electron chi connectivity index (χ1n) is 4.50. The summed E-state index contributed by atoms with van der Waals surface area (Å²) in [6, 6.07) is 0. The minimum atomic E-state index is 0.208. The quantitative estimate of drug-likeness (QED) is 0.557. The number of methoxy groups -OCH3 is 1. The average molecular weight is 188 g/mol. The molecule has 0 unspecified atom stereocenters. The van der Waals surface area contributed by atoms with Gasteiger partial charge in [-0.25, -0.2) is 0 Å². The predicted octanol–water partition coefficient (Wildman–Crippen LogP) is -0.305. The van der Waals surface area contributed by atoms with Crippen molar-refractivity contribution >= 4 is 6.29 Å². The van der Waals surface area contributed by atoms with Crippen molar-refractivity contribution in [3.05, 3.63) is 0 Å². The molecule has 0 aromatic heterocycles. The number of carbonyl (C=O) groups excluding carboxylic acids is 1. The van der Waals surface area contributed by atoms with Gasteiger partial charge in [0.25, 0.3) is 0 Å². The summed E-state index contributed by atoms with van der Waals surface area (Å²) in [5, 5.41) is 0. The number of ether oxygens (including phenoxy) is 1. The fraction of sp³-hybridized carbons (Fsp3) is 0.889. The molecule has 0 spiro atoms. The third-order valence-corrected chi connectivity index (χ3v) is 1.96. The van der Waals surface area contributed by atoms with Gasteiger partial charge in [-0.2, -0.15) is 0 Å². The van der Waals surface area contributed by atoms with E-state index in [0.717, 1.165) is 0 Å². The van der Waals surface area contributed by atoms with E-state index < -0.39 is 0 Å². The highest BCUT2D eigenvalue weighted by Crippen LogP contribution is 1.93. The topological polar surface area (TPSA) is 32.8 Å². The predicted molar refractivity (Wildman–Crippen MR) is 52.9 cm³/mol. The standard InChI is InChI=1S/C6H14N2.C3H6O2/c1-7-3-5-8(2)6-4-7;1-5-3-2-4/h3-6H2,1-2H3;2H,3H2,1H3. The van der Waals surface area contributed by atoms with Crippen molar-refractivity contribution in [3.63, 3.8) is 0 Å². The number of piperazine rings is 1. The van der Waals surface area contributed by atoms with Crippen LogP contribution in [0.25, 0.3) is 0 Å². The van der Waals surface area contributed by atoms with Crippen molar-refractivity contribution in [2.45, 2.75) is 0 Å². The van der Waals surface area contributed by atoms with Crippen LogP contribution >= 0.6 is 0 Å². The normalized spacial score (nSPS) is 19.0. The third kappa shape index (κ3) is 7.90. The lowest BCUT2D eigenvalue weighted by molar-refractivity contribution is -0.110. The second kappa shape index (κ2) is 8.16. The van der Waals surface area contributed by atoms with E-state index in [-0.39, 0.29) is 6.61 Å². The Morgan fingerprint density at radius 2 is 1.54 bits per heavy atom. The van der Waals surface area contributed by atoms with E-state index in [4.69, 9.17) is 0 Å². The fourth-order valence-electron chi connectivity index (χ4n) is 0.974. The van der Waals surface area contributed by atoms with Crippen LogP contribution in [-0.4, -0.2) is 70.1 Å². The van der Waals surface area contributed by atoms with E-state index in [1.165, 1.54) is 33.3 Å². The molecule has 0 atom stereocenters. The molecule has 0 radical (unpaired) electrons. The van der Waals surface area contributed by atoms with Crippen LogP contribution in [0.3, 0.4) is 0 Å². The molecular weight excluding hydrogens is 168 g/mol. The van der Waals surface area contributed by atoms with Gasteiger partial charge in [-0.3, -0.25) is 0 Å². The largest absolute Gasteiger partial charge is 0.377 e. The molecule has 1 aliphatic rings. The summed E-state index contributed by atoms with van der Waals surface area (Å²) in [6.45, 7) is 5.14. The van der Waals surface area contributed by atoms with Crippen LogP contribution in [0.2, 0.25) is 0 Å². The molecule has 13 heavy (non-hydrogen) atoms. The molecule has 0 aromatic carbocycles. The fourth-order valence-corrected chi connectivity index (χ4v) is 0.974. The molecule has 0 bridgehead atoms. The number of carbonyl (C=O) groups is 1. The molecule has 0 N–H and O–H groups in total. The number of nitrogens with zero attached hydrogens (tertiary/aromatic N) is 2. The summed E-state index contributed by atoms with van der Waals surface area (Å²) in [5.41, 5.74) is 0. The first-order valence-corrected chi connectivity index (χ1v) is 4.50. The zero-order valence-corrected chi connectivity index (χ0v) is 8.82. The summed E-state index contributed by atoms with van der Waals surface area (Å²) in [6.07, 6.45) is 0.708. The second-order valence-corrected chi connectivity index (χ2v) is 3.23. The molecule has 1 rings (SSSR count). The molecule has 1 fully saturated rings. The van der Waals surface area contributed by atoms with Crippen molar-refractivity contribution in [1.82, 2.24) is 9.80 Å². The molecule has 1 heterocycles. The number of likely N-dealkylation sites (N-methyl/N-ethyl adjacent to an activating group) is 2. The third-order valence-electron chi connectivity index (χ3n) is 1.96. The number of rotatable bonds is 2. The van der Waals surface area contributed by atoms with E-state index in [0.29, 0.717) is 6.29 Å². The lowest BCUT2D eigenvalue weighted by Crippen LogP contribution is -2.42. The number of hydrogen-bond acceptors (Lipinski definition) is 4. The van der Waals surface area contributed by atoms with Gasteiger partial charge in [0, 0.05) is 33.3 Å². The van der Waals surface area contributed by atoms with Gasteiger partial charge >= 0.3 is 0 Å². The molecule has 1 saturated heterocycles. The highest BCUT2D eigenvalue weighted by Gasteiger charge is 2.07. The zero-order valence-electron chi connectivity index (χ0n) is 8.82. The summed E-state index contributed by atoms with van der Waals surface area (Å²) in [7, 11) is 5.83. The Kier molecular flexibility index (Phi) is 7.88. The van der Waals surface area contributed by atoms with Gasteiger partial charge in [0.1, 0.15) is 12.9 Å². The molecule has 0 saturated carbocycles. The van der Waals surface area contributed by atoms with Crippen molar-refractivity contribution in [1.29, 1.82) is 0 Å². The van der Waals surface area contributed by atoms with Gasteiger partial charge in [0.15, 0.2) is 0 Å². The van der Waals surface area contributed by atoms with Crippen molar-refractivity contribution in [3.8, 4) is 0 Å². The first kappa shape index (κ1) is 12.6.